The van der Waals surface area contributed by atoms with Gasteiger partial charge < -0.3 is 10.0 Å². The molecule has 1 aliphatic rings. The van der Waals surface area contributed by atoms with Gasteiger partial charge in [-0.15, -0.1) is 0 Å². The first kappa shape index (κ1) is 12.0. The molecule has 0 saturated carbocycles. The van der Waals surface area contributed by atoms with Crippen LogP contribution in [0.25, 0.3) is 0 Å². The van der Waals surface area contributed by atoms with E-state index >= 15 is 0 Å². The number of rotatable bonds is 3. The fourth-order valence-corrected chi connectivity index (χ4v) is 2.50. The van der Waals surface area contributed by atoms with E-state index in [0.717, 1.165) is 25.1 Å². The van der Waals surface area contributed by atoms with E-state index in [0.29, 0.717) is 6.42 Å². The predicted molar refractivity (Wildman–Crippen MR) is 68.4 cm³/mol. The lowest BCUT2D eigenvalue weighted by Gasteiger charge is -2.42. The molecule has 1 aromatic rings. The molecule has 1 atom stereocenters. The highest BCUT2D eigenvalue weighted by atomic mass is 16.4. The van der Waals surface area contributed by atoms with Gasteiger partial charge in [0.2, 0.25) is 0 Å². The van der Waals surface area contributed by atoms with Crippen LogP contribution in [0.3, 0.4) is 0 Å². The van der Waals surface area contributed by atoms with E-state index < -0.39 is 11.5 Å². The molecule has 92 valence electrons. The van der Waals surface area contributed by atoms with E-state index in [-0.39, 0.29) is 0 Å². The Balaban J connectivity index is 2.44. The Hall–Kier alpha value is -1.51. The van der Waals surface area contributed by atoms with Crippen molar-refractivity contribution in [1.29, 1.82) is 0 Å². The molecule has 0 radical (unpaired) electrons. The minimum absolute atomic E-state index is 0.608. The monoisotopic (exact) mass is 233 g/mol. The summed E-state index contributed by atoms with van der Waals surface area (Å²) in [5.74, 6) is -0.739. The summed E-state index contributed by atoms with van der Waals surface area (Å²) in [5, 5.41) is 9.47. The van der Waals surface area contributed by atoms with Gasteiger partial charge >= 0.3 is 5.97 Å². The van der Waals surface area contributed by atoms with Crippen molar-refractivity contribution >= 4 is 11.7 Å². The largest absolute Gasteiger partial charge is 0.480 e. The SMILES string of the molecule is CCC(C)(C(=O)O)N1CCCc2ccccc21. The van der Waals surface area contributed by atoms with Crippen molar-refractivity contribution in [3.8, 4) is 0 Å². The van der Waals surface area contributed by atoms with Crippen LogP contribution in [0.2, 0.25) is 0 Å². The van der Waals surface area contributed by atoms with Crippen LogP contribution in [-0.2, 0) is 11.2 Å². The normalized spacial score (nSPS) is 18.4. The zero-order chi connectivity index (χ0) is 12.5. The fourth-order valence-electron chi connectivity index (χ4n) is 2.50. The van der Waals surface area contributed by atoms with Crippen molar-refractivity contribution in [1.82, 2.24) is 0 Å². The van der Waals surface area contributed by atoms with Crippen LogP contribution in [-0.4, -0.2) is 23.2 Å². The Morgan fingerprint density at radius 1 is 1.47 bits per heavy atom. The third-order valence-corrected chi connectivity index (χ3v) is 3.86. The highest BCUT2D eigenvalue weighted by molar-refractivity contribution is 5.83. The molecule has 2 rings (SSSR count). The highest BCUT2D eigenvalue weighted by Gasteiger charge is 2.39. The second-order valence-corrected chi connectivity index (χ2v) is 4.82. The third kappa shape index (κ3) is 1.90. The second kappa shape index (κ2) is 4.40. The molecule has 1 aliphatic heterocycles. The topological polar surface area (TPSA) is 40.5 Å². The molecule has 0 aliphatic carbocycles. The maximum atomic E-state index is 11.5. The highest BCUT2D eigenvalue weighted by Crippen LogP contribution is 2.34. The van der Waals surface area contributed by atoms with Crippen LogP contribution in [0.1, 0.15) is 32.3 Å². The number of para-hydroxylation sites is 1. The Bertz CT molecular complexity index is 430. The molecular formula is C14H19NO2. The van der Waals surface area contributed by atoms with Crippen molar-refractivity contribution in [3.05, 3.63) is 29.8 Å². The zero-order valence-corrected chi connectivity index (χ0v) is 10.4. The predicted octanol–water partition coefficient (Wildman–Crippen LogP) is 2.69. The van der Waals surface area contributed by atoms with Gasteiger partial charge in [0, 0.05) is 12.2 Å². The van der Waals surface area contributed by atoms with Gasteiger partial charge in [-0.05, 0) is 37.8 Å². The summed E-state index contributed by atoms with van der Waals surface area (Å²) in [5.41, 5.74) is 1.56. The molecule has 0 fully saturated rings. The lowest BCUT2D eigenvalue weighted by Crippen LogP contribution is -2.54. The summed E-state index contributed by atoms with van der Waals surface area (Å²) in [6.45, 7) is 4.58. The fraction of sp³-hybridized carbons (Fsp3) is 0.500. The molecular weight excluding hydrogens is 214 g/mol. The number of aryl methyl sites for hydroxylation is 1. The number of aliphatic carboxylic acids is 1. The van der Waals surface area contributed by atoms with Crippen molar-refractivity contribution in [2.75, 3.05) is 11.4 Å². The molecule has 0 bridgehead atoms. The summed E-state index contributed by atoms with van der Waals surface area (Å²) in [7, 11) is 0. The Morgan fingerprint density at radius 2 is 2.18 bits per heavy atom. The van der Waals surface area contributed by atoms with E-state index in [2.05, 4.69) is 6.07 Å². The number of carboxylic acid groups (broad SMARTS) is 1. The number of nitrogens with zero attached hydrogens (tertiary/aromatic N) is 1. The third-order valence-electron chi connectivity index (χ3n) is 3.86. The summed E-state index contributed by atoms with van der Waals surface area (Å²) in [4.78, 5) is 13.6. The van der Waals surface area contributed by atoms with Gasteiger partial charge in [-0.2, -0.15) is 0 Å². The minimum Gasteiger partial charge on any atom is -0.480 e. The molecule has 1 heterocycles. The lowest BCUT2D eigenvalue weighted by atomic mass is 9.91. The zero-order valence-electron chi connectivity index (χ0n) is 10.4. The smallest absolute Gasteiger partial charge is 0.329 e. The van der Waals surface area contributed by atoms with Gasteiger partial charge in [0.05, 0.1) is 0 Å². The van der Waals surface area contributed by atoms with Gasteiger partial charge in [-0.3, -0.25) is 0 Å². The van der Waals surface area contributed by atoms with Crippen LogP contribution in [0, 0.1) is 0 Å². The molecule has 0 saturated heterocycles. The van der Waals surface area contributed by atoms with E-state index in [1.165, 1.54) is 5.56 Å². The van der Waals surface area contributed by atoms with E-state index in [4.69, 9.17) is 0 Å². The van der Waals surface area contributed by atoms with Crippen LogP contribution in [0.15, 0.2) is 24.3 Å². The lowest BCUT2D eigenvalue weighted by molar-refractivity contribution is -0.143. The van der Waals surface area contributed by atoms with Crippen molar-refractivity contribution in [3.63, 3.8) is 0 Å². The molecule has 0 spiro atoms. The second-order valence-electron chi connectivity index (χ2n) is 4.82. The van der Waals surface area contributed by atoms with Gasteiger partial charge in [0.25, 0.3) is 0 Å². The molecule has 3 nitrogen and oxygen atoms in total. The average molecular weight is 233 g/mol. The first-order valence-electron chi connectivity index (χ1n) is 6.18. The Labute approximate surface area is 102 Å². The van der Waals surface area contributed by atoms with Gasteiger partial charge in [-0.25, -0.2) is 4.79 Å². The summed E-state index contributed by atoms with van der Waals surface area (Å²) >= 11 is 0. The maximum absolute atomic E-state index is 11.5. The maximum Gasteiger partial charge on any atom is 0.329 e. The molecule has 1 unspecified atom stereocenters. The number of hydrogen-bond donors (Lipinski definition) is 1. The number of fused-ring (bicyclic) bond motifs is 1. The number of carbonyl (C=O) groups is 1. The molecule has 0 amide bonds. The summed E-state index contributed by atoms with van der Waals surface area (Å²) in [6, 6.07) is 8.13. The van der Waals surface area contributed by atoms with Crippen molar-refractivity contribution in [2.45, 2.75) is 38.6 Å². The first-order valence-corrected chi connectivity index (χ1v) is 6.18. The van der Waals surface area contributed by atoms with E-state index in [9.17, 15) is 9.90 Å². The molecule has 3 heteroatoms. The quantitative estimate of drug-likeness (QED) is 0.872. The van der Waals surface area contributed by atoms with Gasteiger partial charge in [0.15, 0.2) is 0 Å². The number of benzene rings is 1. The van der Waals surface area contributed by atoms with E-state index in [1.807, 2.05) is 36.9 Å². The van der Waals surface area contributed by atoms with E-state index in [1.54, 1.807) is 0 Å². The number of anilines is 1. The van der Waals surface area contributed by atoms with Crippen molar-refractivity contribution in [2.24, 2.45) is 0 Å². The van der Waals surface area contributed by atoms with Crippen molar-refractivity contribution < 1.29 is 9.90 Å². The molecule has 0 aromatic heterocycles. The average Bonchev–Trinajstić information content (AvgIpc) is 2.37. The number of carboxylic acids is 1. The van der Waals surface area contributed by atoms with Crippen LogP contribution in [0.5, 0.6) is 0 Å². The van der Waals surface area contributed by atoms with Crippen LogP contribution in [0.4, 0.5) is 5.69 Å². The van der Waals surface area contributed by atoms with Gasteiger partial charge in [0.1, 0.15) is 5.54 Å². The first-order chi connectivity index (χ1) is 8.09. The van der Waals surface area contributed by atoms with Gasteiger partial charge in [-0.1, -0.05) is 25.1 Å². The standard InChI is InChI=1S/C14H19NO2/c1-3-14(2,13(16)17)15-10-6-8-11-7-4-5-9-12(11)15/h4-5,7,9H,3,6,8,10H2,1-2H3,(H,16,17). The Kier molecular flexibility index (Phi) is 3.09. The summed E-state index contributed by atoms with van der Waals surface area (Å²) in [6.07, 6.45) is 2.68. The number of hydrogen-bond acceptors (Lipinski definition) is 2. The molecule has 1 N–H and O–H groups in total. The Morgan fingerprint density at radius 3 is 2.82 bits per heavy atom. The van der Waals surface area contributed by atoms with Crippen LogP contribution >= 0.6 is 0 Å². The summed E-state index contributed by atoms with van der Waals surface area (Å²) < 4.78 is 0. The van der Waals surface area contributed by atoms with Crippen LogP contribution < -0.4 is 4.90 Å². The molecule has 17 heavy (non-hydrogen) atoms. The molecule has 1 aromatic carbocycles. The minimum atomic E-state index is -0.795.